The topological polar surface area (TPSA) is 104 Å². The molecule has 8 nitrogen and oxygen atoms in total. The van der Waals surface area contributed by atoms with Gasteiger partial charge in [0.1, 0.15) is 17.2 Å². The number of nitrogens with one attached hydrogen (secondary N) is 3. The van der Waals surface area contributed by atoms with Crippen molar-refractivity contribution in [1.82, 2.24) is 25.6 Å². The first kappa shape index (κ1) is 22.6. The van der Waals surface area contributed by atoms with Crippen molar-refractivity contribution in [2.75, 3.05) is 18.4 Å². The lowest BCUT2D eigenvalue weighted by Gasteiger charge is -2.26. The highest BCUT2D eigenvalue weighted by Crippen LogP contribution is 2.39. The Labute approximate surface area is 213 Å². The Morgan fingerprint density at radius 1 is 0.972 bits per heavy atom. The highest BCUT2D eigenvalue weighted by Gasteiger charge is 2.22. The summed E-state index contributed by atoms with van der Waals surface area (Å²) in [5.74, 6) is 1.41. The van der Waals surface area contributed by atoms with Crippen LogP contribution in [0.2, 0.25) is 0 Å². The van der Waals surface area contributed by atoms with E-state index < -0.39 is 0 Å². The van der Waals surface area contributed by atoms with E-state index in [9.17, 15) is 5.11 Å². The molecule has 4 aromatic rings. The predicted molar refractivity (Wildman–Crippen MR) is 143 cm³/mol. The Balaban J connectivity index is 1.26. The monoisotopic (exact) mass is 498 g/mol. The number of rotatable bonds is 6. The summed E-state index contributed by atoms with van der Waals surface area (Å²) >= 11 is 1.73. The smallest absolute Gasteiger partial charge is 0.227 e. The molecule has 0 aliphatic carbocycles. The lowest BCUT2D eigenvalue weighted by atomic mass is 10.1. The second-order valence-electron chi connectivity index (χ2n) is 8.80. The molecule has 2 aromatic heterocycles. The summed E-state index contributed by atoms with van der Waals surface area (Å²) in [6.07, 6.45) is 7.66. The molecule has 4 heterocycles. The summed E-state index contributed by atoms with van der Waals surface area (Å²) in [5.41, 5.74) is 4.77. The van der Waals surface area contributed by atoms with Crippen molar-refractivity contribution >= 4 is 34.3 Å². The van der Waals surface area contributed by atoms with Crippen LogP contribution in [0, 0.1) is 0 Å². The fourth-order valence-electron chi connectivity index (χ4n) is 4.42. The molecule has 9 heteroatoms. The number of ether oxygens (including phenoxy) is 1. The first-order chi connectivity index (χ1) is 17.7. The Bertz CT molecular complexity index is 1380. The minimum absolute atomic E-state index is 0.0110. The van der Waals surface area contributed by atoms with Crippen molar-refractivity contribution < 1.29 is 9.84 Å². The minimum Gasteiger partial charge on any atom is -0.493 e. The van der Waals surface area contributed by atoms with Crippen LogP contribution in [0.5, 0.6) is 11.6 Å². The van der Waals surface area contributed by atoms with Crippen molar-refractivity contribution in [3.8, 4) is 22.8 Å². The van der Waals surface area contributed by atoms with E-state index in [0.717, 1.165) is 65.0 Å². The van der Waals surface area contributed by atoms with Crippen molar-refractivity contribution in [2.24, 2.45) is 0 Å². The molecular weight excluding hydrogens is 472 g/mol. The van der Waals surface area contributed by atoms with Gasteiger partial charge in [-0.25, -0.2) is 15.0 Å². The molecule has 2 aliphatic heterocycles. The van der Waals surface area contributed by atoms with Crippen LogP contribution in [-0.2, 0) is 0 Å². The summed E-state index contributed by atoms with van der Waals surface area (Å²) in [7, 11) is 0. The summed E-state index contributed by atoms with van der Waals surface area (Å²) in [6, 6.07) is 15.5. The number of hydrogen-bond acceptors (Lipinski definition) is 9. The average Bonchev–Trinajstić information content (AvgIpc) is 3.45. The van der Waals surface area contributed by atoms with Crippen LogP contribution in [0.3, 0.4) is 0 Å². The van der Waals surface area contributed by atoms with Crippen molar-refractivity contribution in [3.63, 3.8) is 0 Å². The largest absolute Gasteiger partial charge is 0.493 e. The predicted octanol–water partition coefficient (Wildman–Crippen LogP) is 5.08. The van der Waals surface area contributed by atoms with Crippen molar-refractivity contribution in [2.45, 2.75) is 24.3 Å². The van der Waals surface area contributed by atoms with Gasteiger partial charge in [-0.1, -0.05) is 12.1 Å². The van der Waals surface area contributed by atoms with Crippen LogP contribution in [-0.4, -0.2) is 39.3 Å². The maximum absolute atomic E-state index is 9.40. The van der Waals surface area contributed by atoms with E-state index in [1.54, 1.807) is 24.0 Å². The van der Waals surface area contributed by atoms with E-state index in [-0.39, 0.29) is 17.4 Å². The molecule has 36 heavy (non-hydrogen) atoms. The number of benzene rings is 2. The number of pyridine rings is 1. The van der Waals surface area contributed by atoms with Crippen LogP contribution in [0.4, 0.5) is 11.6 Å². The van der Waals surface area contributed by atoms with E-state index in [1.165, 1.54) is 0 Å². The fourth-order valence-corrected chi connectivity index (χ4v) is 5.22. The lowest BCUT2D eigenvalue weighted by Crippen LogP contribution is -2.34. The van der Waals surface area contributed by atoms with Crippen molar-refractivity contribution in [3.05, 3.63) is 78.1 Å². The van der Waals surface area contributed by atoms with Gasteiger partial charge in [0.15, 0.2) is 0 Å². The summed E-state index contributed by atoms with van der Waals surface area (Å²) in [4.78, 5) is 13.3. The Morgan fingerprint density at radius 3 is 2.56 bits per heavy atom. The van der Waals surface area contributed by atoms with Crippen LogP contribution < -0.4 is 20.7 Å². The lowest BCUT2D eigenvalue weighted by molar-refractivity contribution is 0.161. The molecule has 2 aliphatic rings. The van der Waals surface area contributed by atoms with Gasteiger partial charge in [-0.15, -0.1) is 11.8 Å². The molecule has 1 unspecified atom stereocenters. The van der Waals surface area contributed by atoms with Crippen LogP contribution in [0.1, 0.15) is 23.8 Å². The van der Waals surface area contributed by atoms with Gasteiger partial charge in [0, 0.05) is 52.9 Å². The summed E-state index contributed by atoms with van der Waals surface area (Å²) in [5, 5.41) is 22.7. The maximum Gasteiger partial charge on any atom is 0.227 e. The quantitative estimate of drug-likeness (QED) is 0.290. The van der Waals surface area contributed by atoms with Crippen LogP contribution in [0.25, 0.3) is 22.0 Å². The number of fused-ring (bicyclic) bond motifs is 1. The minimum atomic E-state index is 0.0110. The van der Waals surface area contributed by atoms with E-state index in [4.69, 9.17) is 9.72 Å². The first-order valence-electron chi connectivity index (χ1n) is 12.0. The van der Waals surface area contributed by atoms with Crippen LogP contribution >= 0.6 is 11.8 Å². The molecule has 1 saturated heterocycles. The highest BCUT2D eigenvalue weighted by atomic mass is 32.2. The van der Waals surface area contributed by atoms with Gasteiger partial charge in [-0.2, -0.15) is 0 Å². The third-order valence-corrected chi connectivity index (χ3v) is 7.28. The van der Waals surface area contributed by atoms with Crippen LogP contribution in [0.15, 0.2) is 72.5 Å². The number of aromatic hydroxyl groups is 1. The van der Waals surface area contributed by atoms with E-state index >= 15 is 0 Å². The molecule has 1 fully saturated rings. The Morgan fingerprint density at radius 2 is 1.81 bits per heavy atom. The molecule has 1 atom stereocenters. The fraction of sp³-hybridized carbons (Fsp3) is 0.222. The van der Waals surface area contributed by atoms with Crippen molar-refractivity contribution in [1.29, 1.82) is 0 Å². The number of aromatic nitrogens is 3. The molecule has 0 spiro atoms. The van der Waals surface area contributed by atoms with E-state index in [0.29, 0.717) is 5.95 Å². The molecule has 0 amide bonds. The molecule has 0 radical (unpaired) electrons. The zero-order valence-corrected chi connectivity index (χ0v) is 20.3. The Hall–Kier alpha value is -3.82. The zero-order chi connectivity index (χ0) is 24.3. The number of nitrogens with zero attached hydrogens (tertiary/aromatic N) is 3. The van der Waals surface area contributed by atoms with Gasteiger partial charge in [0.2, 0.25) is 11.8 Å². The van der Waals surface area contributed by atoms with Gasteiger partial charge in [-0.3, -0.25) is 0 Å². The normalized spacial score (nSPS) is 17.7. The molecule has 6 rings (SSSR count). The summed E-state index contributed by atoms with van der Waals surface area (Å²) in [6.45, 7) is 1.95. The maximum atomic E-state index is 9.40. The van der Waals surface area contributed by atoms with Gasteiger partial charge < -0.3 is 25.8 Å². The first-order valence-corrected chi connectivity index (χ1v) is 12.9. The number of hydrogen-bond donors (Lipinski definition) is 4. The standard InChI is InChI=1S/C27H26N6O2S/c34-25-6-3-18(15-30-25)17-1-4-20(5-2-17)32-27-31-16-19-13-22(26-29-11-12-36-26)24(14-23(19)33-27)35-21-7-9-28-10-8-21/h1-6,11-16,21,26,28-29H,7-10H2,(H,30,34)(H,31,32,33). The van der Waals surface area contributed by atoms with Gasteiger partial charge >= 0.3 is 0 Å². The SMILES string of the molecule is Oc1ccc(-c2ccc(Nc3ncc4cc(C5NC=CS5)c(OC5CCNCC5)cc4n3)cc2)cn1. The average molecular weight is 499 g/mol. The third kappa shape index (κ3) is 4.93. The summed E-state index contributed by atoms with van der Waals surface area (Å²) < 4.78 is 6.51. The molecule has 0 bridgehead atoms. The zero-order valence-electron chi connectivity index (χ0n) is 19.5. The second kappa shape index (κ2) is 10.0. The number of piperidine rings is 1. The second-order valence-corrected chi connectivity index (χ2v) is 9.82. The molecule has 0 saturated carbocycles. The molecule has 182 valence electrons. The van der Waals surface area contributed by atoms with Gasteiger partial charge in [0.05, 0.1) is 5.52 Å². The van der Waals surface area contributed by atoms with E-state index in [2.05, 4.69) is 37.4 Å². The third-order valence-electron chi connectivity index (χ3n) is 6.33. The number of anilines is 2. The van der Waals surface area contributed by atoms with E-state index in [1.807, 2.05) is 48.8 Å². The van der Waals surface area contributed by atoms with Gasteiger partial charge in [0.25, 0.3) is 0 Å². The highest BCUT2D eigenvalue weighted by molar-refractivity contribution is 8.02. The number of thioether (sulfide) groups is 1. The van der Waals surface area contributed by atoms with Gasteiger partial charge in [-0.05, 0) is 61.2 Å². The molecule has 4 N–H and O–H groups in total. The Kier molecular flexibility index (Phi) is 6.31. The molecular formula is C27H26N6O2S. The molecule has 2 aromatic carbocycles.